The number of rotatable bonds is 5. The Morgan fingerprint density at radius 3 is 2.52 bits per heavy atom. The zero-order valence-electron chi connectivity index (χ0n) is 16.8. The fourth-order valence-electron chi connectivity index (χ4n) is 4.63. The molecule has 7 heteroatoms. The molecular formula is C22H29F2N3O2. The van der Waals surface area contributed by atoms with Crippen molar-refractivity contribution < 1.29 is 17.9 Å². The molecule has 29 heavy (non-hydrogen) atoms. The largest absolute Gasteiger partial charge is 0.490 e. The van der Waals surface area contributed by atoms with E-state index in [2.05, 4.69) is 9.88 Å². The predicted molar refractivity (Wildman–Crippen MR) is 106 cm³/mol. The van der Waals surface area contributed by atoms with Crippen LogP contribution in [0.25, 0.3) is 11.1 Å². The van der Waals surface area contributed by atoms with Crippen molar-refractivity contribution >= 4 is 11.1 Å². The van der Waals surface area contributed by atoms with Gasteiger partial charge in [-0.2, -0.15) is 0 Å². The zero-order valence-corrected chi connectivity index (χ0v) is 16.8. The van der Waals surface area contributed by atoms with Crippen molar-refractivity contribution in [1.82, 2.24) is 14.8 Å². The Morgan fingerprint density at radius 2 is 1.83 bits per heavy atom. The van der Waals surface area contributed by atoms with Crippen molar-refractivity contribution in [2.24, 2.45) is 0 Å². The molecule has 2 aromatic rings. The minimum atomic E-state index is -2.53. The Morgan fingerprint density at radius 1 is 1.07 bits per heavy atom. The third kappa shape index (κ3) is 4.40. The molecule has 3 heterocycles. The SMILES string of the molecule is FC1(F)CCN(Cc2nc3ccc(OC4CCN(C5CCC5)CC4)cc3o2)CC1. The van der Waals surface area contributed by atoms with E-state index in [1.807, 2.05) is 23.1 Å². The third-order valence-electron chi connectivity index (χ3n) is 6.72. The van der Waals surface area contributed by atoms with Crippen molar-refractivity contribution in [3.8, 4) is 5.75 Å². The molecule has 3 aliphatic rings. The second-order valence-corrected chi connectivity index (χ2v) is 8.81. The first-order valence-corrected chi connectivity index (χ1v) is 10.9. The molecule has 158 valence electrons. The lowest BCUT2D eigenvalue weighted by Gasteiger charge is -2.41. The van der Waals surface area contributed by atoms with E-state index in [1.165, 1.54) is 19.3 Å². The van der Waals surface area contributed by atoms with E-state index in [-0.39, 0.29) is 18.9 Å². The third-order valence-corrected chi connectivity index (χ3v) is 6.72. The maximum absolute atomic E-state index is 13.3. The number of halogens is 2. The molecule has 2 saturated heterocycles. The summed E-state index contributed by atoms with van der Waals surface area (Å²) in [6.07, 6.45) is 6.29. The fourth-order valence-corrected chi connectivity index (χ4v) is 4.63. The molecule has 5 nitrogen and oxygen atoms in total. The number of likely N-dealkylation sites (tertiary alicyclic amines) is 2. The standard InChI is InChI=1S/C22H29F2N3O2/c23-22(24)8-12-26(13-9-22)15-21-25-19-5-4-18(14-20(19)29-21)28-17-6-10-27(11-7-17)16-2-1-3-16/h4-5,14,16-17H,1-3,6-13,15H2. The van der Waals surface area contributed by atoms with Crippen LogP contribution in [0.2, 0.25) is 0 Å². The average Bonchev–Trinajstić information content (AvgIpc) is 3.05. The number of hydrogen-bond donors (Lipinski definition) is 0. The summed E-state index contributed by atoms with van der Waals surface area (Å²) in [6, 6.07) is 6.60. The molecule has 1 aromatic carbocycles. The number of ether oxygens (including phenoxy) is 1. The molecule has 0 radical (unpaired) electrons. The molecule has 2 aliphatic heterocycles. The van der Waals surface area contributed by atoms with Gasteiger partial charge in [-0.15, -0.1) is 0 Å². The number of aromatic nitrogens is 1. The van der Waals surface area contributed by atoms with Crippen LogP contribution < -0.4 is 4.74 Å². The minimum absolute atomic E-state index is 0.0925. The van der Waals surface area contributed by atoms with Gasteiger partial charge in [-0.1, -0.05) is 6.42 Å². The van der Waals surface area contributed by atoms with Crippen LogP contribution in [0.1, 0.15) is 50.8 Å². The predicted octanol–water partition coefficient (Wildman–Crippen LogP) is 4.45. The topological polar surface area (TPSA) is 41.7 Å². The minimum Gasteiger partial charge on any atom is -0.490 e. The van der Waals surface area contributed by atoms with Crippen LogP contribution in [0.15, 0.2) is 22.6 Å². The summed E-state index contributed by atoms with van der Waals surface area (Å²) in [6.45, 7) is 3.47. The quantitative estimate of drug-likeness (QED) is 0.735. The van der Waals surface area contributed by atoms with Gasteiger partial charge in [0.2, 0.25) is 5.89 Å². The number of piperidine rings is 2. The average molecular weight is 405 g/mol. The molecule has 1 aromatic heterocycles. The second-order valence-electron chi connectivity index (χ2n) is 8.81. The number of benzene rings is 1. The van der Waals surface area contributed by atoms with Crippen LogP contribution in [0.4, 0.5) is 8.78 Å². The van der Waals surface area contributed by atoms with E-state index >= 15 is 0 Å². The number of fused-ring (bicyclic) bond motifs is 1. The van der Waals surface area contributed by atoms with Gasteiger partial charge in [-0.3, -0.25) is 4.90 Å². The van der Waals surface area contributed by atoms with E-state index in [9.17, 15) is 8.78 Å². The Bertz CT molecular complexity index is 834. The van der Waals surface area contributed by atoms with Gasteiger partial charge in [0.15, 0.2) is 5.58 Å². The normalized spacial score (nSPS) is 24.6. The summed E-state index contributed by atoms with van der Waals surface area (Å²) in [5.74, 6) is -1.13. The van der Waals surface area contributed by atoms with Gasteiger partial charge >= 0.3 is 0 Å². The number of nitrogens with zero attached hydrogens (tertiary/aromatic N) is 3. The summed E-state index contributed by atoms with van der Waals surface area (Å²) in [5.41, 5.74) is 1.49. The number of oxazole rings is 1. The molecule has 0 atom stereocenters. The Hall–Kier alpha value is -1.73. The lowest BCUT2D eigenvalue weighted by atomic mass is 9.90. The van der Waals surface area contributed by atoms with Gasteiger partial charge < -0.3 is 14.1 Å². The first-order chi connectivity index (χ1) is 14.0. The van der Waals surface area contributed by atoms with Gasteiger partial charge in [0.1, 0.15) is 17.4 Å². The van der Waals surface area contributed by atoms with Gasteiger partial charge in [0, 0.05) is 51.1 Å². The molecule has 0 N–H and O–H groups in total. The van der Waals surface area contributed by atoms with Crippen molar-refractivity contribution in [2.45, 2.75) is 69.6 Å². The van der Waals surface area contributed by atoms with E-state index in [4.69, 9.17) is 9.15 Å². The summed E-state index contributed by atoms with van der Waals surface area (Å²) in [4.78, 5) is 9.12. The Kier molecular flexibility index (Phi) is 5.20. The summed E-state index contributed by atoms with van der Waals surface area (Å²) < 4.78 is 38.8. The van der Waals surface area contributed by atoms with Crippen LogP contribution in [-0.2, 0) is 6.54 Å². The Balaban J connectivity index is 1.17. The molecule has 1 saturated carbocycles. The highest BCUT2D eigenvalue weighted by atomic mass is 19.3. The highest BCUT2D eigenvalue weighted by molar-refractivity contribution is 5.74. The number of alkyl halides is 2. The maximum atomic E-state index is 13.3. The first kappa shape index (κ1) is 19.2. The molecule has 0 spiro atoms. The second kappa shape index (κ2) is 7.84. The van der Waals surface area contributed by atoms with Crippen LogP contribution in [-0.4, -0.2) is 59.0 Å². The monoisotopic (exact) mass is 405 g/mol. The molecule has 5 rings (SSSR count). The maximum Gasteiger partial charge on any atom is 0.250 e. The molecular weight excluding hydrogens is 376 g/mol. The van der Waals surface area contributed by atoms with Gasteiger partial charge in [-0.25, -0.2) is 13.8 Å². The van der Waals surface area contributed by atoms with Crippen LogP contribution in [0, 0.1) is 0 Å². The van der Waals surface area contributed by atoms with Crippen LogP contribution in [0.5, 0.6) is 5.75 Å². The van der Waals surface area contributed by atoms with Crippen molar-refractivity contribution in [3.05, 3.63) is 24.1 Å². The Labute approximate surface area is 170 Å². The van der Waals surface area contributed by atoms with Crippen LogP contribution in [0.3, 0.4) is 0 Å². The summed E-state index contributed by atoms with van der Waals surface area (Å²) in [5, 5.41) is 0. The first-order valence-electron chi connectivity index (χ1n) is 10.9. The number of hydrogen-bond acceptors (Lipinski definition) is 5. The van der Waals surface area contributed by atoms with Crippen molar-refractivity contribution in [2.75, 3.05) is 26.2 Å². The zero-order chi connectivity index (χ0) is 19.8. The van der Waals surface area contributed by atoms with E-state index < -0.39 is 5.92 Å². The lowest BCUT2D eigenvalue weighted by molar-refractivity contribution is -0.0577. The van der Waals surface area contributed by atoms with E-state index in [0.29, 0.717) is 31.1 Å². The van der Waals surface area contributed by atoms with Gasteiger partial charge in [0.25, 0.3) is 5.92 Å². The van der Waals surface area contributed by atoms with Gasteiger partial charge in [-0.05, 0) is 37.8 Å². The molecule has 3 fully saturated rings. The highest BCUT2D eigenvalue weighted by Gasteiger charge is 2.34. The summed E-state index contributed by atoms with van der Waals surface area (Å²) >= 11 is 0. The molecule has 0 unspecified atom stereocenters. The molecule has 0 bridgehead atoms. The lowest BCUT2D eigenvalue weighted by Crippen LogP contribution is -2.46. The van der Waals surface area contributed by atoms with Crippen molar-refractivity contribution in [3.63, 3.8) is 0 Å². The van der Waals surface area contributed by atoms with Crippen molar-refractivity contribution in [1.29, 1.82) is 0 Å². The van der Waals surface area contributed by atoms with E-state index in [1.54, 1.807) is 0 Å². The smallest absolute Gasteiger partial charge is 0.250 e. The van der Waals surface area contributed by atoms with Crippen LogP contribution >= 0.6 is 0 Å². The molecule has 1 aliphatic carbocycles. The van der Waals surface area contributed by atoms with Gasteiger partial charge in [0.05, 0.1) is 6.54 Å². The summed E-state index contributed by atoms with van der Waals surface area (Å²) in [7, 11) is 0. The van der Waals surface area contributed by atoms with E-state index in [0.717, 1.165) is 43.2 Å². The highest BCUT2D eigenvalue weighted by Crippen LogP contribution is 2.31. The molecule has 0 amide bonds. The fraction of sp³-hybridized carbons (Fsp3) is 0.682.